The molecule has 0 radical (unpaired) electrons. The molecule has 1 aromatic carbocycles. The summed E-state index contributed by atoms with van der Waals surface area (Å²) >= 11 is 7.15. The summed E-state index contributed by atoms with van der Waals surface area (Å²) in [4.78, 5) is 39.7. The van der Waals surface area contributed by atoms with Gasteiger partial charge >= 0.3 is 0 Å². The van der Waals surface area contributed by atoms with Crippen LogP contribution in [0.1, 0.15) is 12.5 Å². The van der Waals surface area contributed by atoms with Crippen molar-refractivity contribution < 1.29 is 9.72 Å². The van der Waals surface area contributed by atoms with Crippen molar-refractivity contribution >= 4 is 51.7 Å². The number of thioether (sulfide) groups is 1. The Morgan fingerprint density at radius 1 is 1.52 bits per heavy atom. The van der Waals surface area contributed by atoms with Crippen LogP contribution in [0.2, 0.25) is 5.02 Å². The number of nitrogens with zero attached hydrogens (tertiary/aromatic N) is 4. The van der Waals surface area contributed by atoms with Crippen molar-refractivity contribution in [1.29, 1.82) is 0 Å². The van der Waals surface area contributed by atoms with Crippen molar-refractivity contribution in [3.8, 4) is 0 Å². The van der Waals surface area contributed by atoms with E-state index in [9.17, 15) is 19.7 Å². The molecular formula is C15H11ClN6O4S. The van der Waals surface area contributed by atoms with E-state index in [1.54, 1.807) is 0 Å². The standard InChI is InChI=1S/C15H11ClN6O4S/c16-10-2-1-7(3-11(10)22(25)26)18-12(23)4-8-6-27-15-19-13-9(5-17-20-13)14(24)21(8)15/h1-3,5,8H,4,6H2,(H,17,20)(H,18,23). The third-order valence-corrected chi connectivity index (χ3v) is 5.52. The van der Waals surface area contributed by atoms with Crippen LogP contribution in [-0.4, -0.2) is 36.3 Å². The lowest BCUT2D eigenvalue weighted by Crippen LogP contribution is -2.27. The van der Waals surface area contributed by atoms with Gasteiger partial charge in [-0.25, -0.2) is 4.98 Å². The number of nitro benzene ring substituents is 1. The summed E-state index contributed by atoms with van der Waals surface area (Å²) in [7, 11) is 0. The Bertz CT molecular complexity index is 1140. The molecule has 4 rings (SSSR count). The highest BCUT2D eigenvalue weighted by Gasteiger charge is 2.29. The van der Waals surface area contributed by atoms with Crippen LogP contribution in [0, 0.1) is 10.1 Å². The van der Waals surface area contributed by atoms with E-state index in [4.69, 9.17) is 11.6 Å². The number of benzene rings is 1. The molecule has 0 spiro atoms. The predicted molar refractivity (Wildman–Crippen MR) is 99.3 cm³/mol. The van der Waals surface area contributed by atoms with Crippen LogP contribution in [0.15, 0.2) is 34.3 Å². The fourth-order valence-corrected chi connectivity index (χ4v) is 4.18. The molecule has 2 N–H and O–H groups in total. The number of anilines is 1. The molecule has 3 heterocycles. The van der Waals surface area contributed by atoms with Gasteiger partial charge in [-0.05, 0) is 12.1 Å². The Morgan fingerprint density at radius 2 is 2.33 bits per heavy atom. The van der Waals surface area contributed by atoms with E-state index in [1.165, 1.54) is 40.7 Å². The maximum Gasteiger partial charge on any atom is 0.289 e. The SMILES string of the molecule is O=C(CC1CSc2nc3[nH]ncc3c(=O)n21)Nc1ccc(Cl)c([N+](=O)[O-])c1. The van der Waals surface area contributed by atoms with Gasteiger partial charge in [0.15, 0.2) is 10.8 Å². The van der Waals surface area contributed by atoms with E-state index in [1.807, 2.05) is 0 Å². The third kappa shape index (κ3) is 3.15. The van der Waals surface area contributed by atoms with Crippen LogP contribution in [0.25, 0.3) is 11.0 Å². The summed E-state index contributed by atoms with van der Waals surface area (Å²) in [5, 5.41) is 20.9. The summed E-state index contributed by atoms with van der Waals surface area (Å²) < 4.78 is 1.49. The molecule has 0 aliphatic carbocycles. The van der Waals surface area contributed by atoms with Gasteiger partial charge in [0.1, 0.15) is 10.4 Å². The lowest BCUT2D eigenvalue weighted by atomic mass is 10.2. The molecule has 0 saturated heterocycles. The Morgan fingerprint density at radius 3 is 3.11 bits per heavy atom. The Balaban J connectivity index is 1.55. The molecular weight excluding hydrogens is 396 g/mol. The van der Waals surface area contributed by atoms with Gasteiger partial charge in [0.25, 0.3) is 11.2 Å². The molecule has 3 aromatic rings. The van der Waals surface area contributed by atoms with E-state index in [2.05, 4.69) is 20.5 Å². The van der Waals surface area contributed by atoms with Gasteiger partial charge in [0.2, 0.25) is 5.91 Å². The van der Waals surface area contributed by atoms with Crippen LogP contribution in [0.3, 0.4) is 0 Å². The minimum atomic E-state index is -0.622. The van der Waals surface area contributed by atoms with Crippen LogP contribution in [-0.2, 0) is 4.79 Å². The number of carbonyl (C=O) groups is 1. The van der Waals surface area contributed by atoms with Crippen LogP contribution < -0.4 is 10.9 Å². The van der Waals surface area contributed by atoms with Gasteiger partial charge in [-0.15, -0.1) is 0 Å². The smallest absolute Gasteiger partial charge is 0.289 e. The van der Waals surface area contributed by atoms with Crippen molar-refractivity contribution in [1.82, 2.24) is 19.7 Å². The van der Waals surface area contributed by atoms with Crippen LogP contribution >= 0.6 is 23.4 Å². The molecule has 1 amide bonds. The number of aromatic amines is 1. The van der Waals surface area contributed by atoms with Crippen LogP contribution in [0.4, 0.5) is 11.4 Å². The number of aromatic nitrogens is 4. The van der Waals surface area contributed by atoms with Crippen LogP contribution in [0.5, 0.6) is 0 Å². The first-order valence-electron chi connectivity index (χ1n) is 7.76. The van der Waals surface area contributed by atoms with Crippen molar-refractivity contribution in [2.45, 2.75) is 17.6 Å². The zero-order valence-corrected chi connectivity index (χ0v) is 15.1. The number of fused-ring (bicyclic) bond motifs is 2. The Kier molecular flexibility index (Phi) is 4.32. The fourth-order valence-electron chi connectivity index (χ4n) is 2.86. The van der Waals surface area contributed by atoms with Gasteiger partial charge < -0.3 is 5.32 Å². The monoisotopic (exact) mass is 406 g/mol. The molecule has 0 saturated carbocycles. The van der Waals surface area contributed by atoms with Gasteiger partial charge in [-0.1, -0.05) is 23.4 Å². The van der Waals surface area contributed by atoms with E-state index in [-0.39, 0.29) is 40.3 Å². The molecule has 138 valence electrons. The quantitative estimate of drug-likeness (QED) is 0.385. The number of rotatable bonds is 4. The number of halogens is 1. The molecule has 1 unspecified atom stereocenters. The zero-order chi connectivity index (χ0) is 19.1. The molecule has 0 bridgehead atoms. The first kappa shape index (κ1) is 17.5. The van der Waals surface area contributed by atoms with E-state index in [0.717, 1.165) is 0 Å². The Hall–Kier alpha value is -2.92. The highest BCUT2D eigenvalue weighted by molar-refractivity contribution is 7.99. The zero-order valence-electron chi connectivity index (χ0n) is 13.5. The average Bonchev–Trinajstić information content (AvgIpc) is 3.24. The summed E-state index contributed by atoms with van der Waals surface area (Å²) in [6.45, 7) is 0. The highest BCUT2D eigenvalue weighted by Crippen LogP contribution is 2.33. The maximum absolute atomic E-state index is 12.6. The minimum Gasteiger partial charge on any atom is -0.326 e. The third-order valence-electron chi connectivity index (χ3n) is 4.10. The van der Waals surface area contributed by atoms with Crippen molar-refractivity contribution in [3.05, 3.63) is 49.9 Å². The number of nitro groups is 1. The van der Waals surface area contributed by atoms with E-state index < -0.39 is 4.92 Å². The second-order valence-corrected chi connectivity index (χ2v) is 7.24. The van der Waals surface area contributed by atoms with E-state index >= 15 is 0 Å². The number of hydrogen-bond donors (Lipinski definition) is 2. The number of H-pyrrole nitrogens is 1. The second-order valence-electron chi connectivity index (χ2n) is 5.84. The predicted octanol–water partition coefficient (Wildman–Crippen LogP) is 2.36. The lowest BCUT2D eigenvalue weighted by molar-refractivity contribution is -0.384. The lowest BCUT2D eigenvalue weighted by Gasteiger charge is -2.13. The normalized spacial score (nSPS) is 15.7. The minimum absolute atomic E-state index is 0.0131. The molecule has 10 nitrogen and oxygen atoms in total. The molecule has 12 heteroatoms. The number of amides is 1. The van der Waals surface area contributed by atoms with Gasteiger partial charge in [-0.3, -0.25) is 29.4 Å². The number of nitrogens with one attached hydrogen (secondary N) is 2. The molecule has 1 atom stereocenters. The topological polar surface area (TPSA) is 136 Å². The highest BCUT2D eigenvalue weighted by atomic mass is 35.5. The summed E-state index contributed by atoms with van der Waals surface area (Å²) in [5.74, 6) is 0.153. The molecule has 1 aliphatic rings. The van der Waals surface area contributed by atoms with Gasteiger partial charge in [-0.2, -0.15) is 5.10 Å². The molecule has 2 aromatic heterocycles. The van der Waals surface area contributed by atoms with Gasteiger partial charge in [0.05, 0.1) is 17.2 Å². The molecule has 0 fully saturated rings. The van der Waals surface area contributed by atoms with Crippen molar-refractivity contribution in [2.75, 3.05) is 11.1 Å². The summed E-state index contributed by atoms with van der Waals surface area (Å²) in [5.41, 5.74) is 0.128. The summed E-state index contributed by atoms with van der Waals surface area (Å²) in [6.07, 6.45) is 1.44. The van der Waals surface area contributed by atoms with E-state index in [0.29, 0.717) is 21.9 Å². The number of hydrogen-bond acceptors (Lipinski definition) is 7. The van der Waals surface area contributed by atoms with Crippen molar-refractivity contribution in [2.24, 2.45) is 0 Å². The largest absolute Gasteiger partial charge is 0.326 e. The molecule has 1 aliphatic heterocycles. The van der Waals surface area contributed by atoms with Crippen molar-refractivity contribution in [3.63, 3.8) is 0 Å². The first-order chi connectivity index (χ1) is 12.9. The van der Waals surface area contributed by atoms with Gasteiger partial charge in [0, 0.05) is 23.9 Å². The number of carbonyl (C=O) groups excluding carboxylic acids is 1. The second kappa shape index (κ2) is 6.67. The molecule has 27 heavy (non-hydrogen) atoms. The maximum atomic E-state index is 12.6. The Labute approximate surface area is 160 Å². The average molecular weight is 407 g/mol. The summed E-state index contributed by atoms with van der Waals surface area (Å²) in [6, 6.07) is 3.65. The first-order valence-corrected chi connectivity index (χ1v) is 9.12. The fraction of sp³-hybridized carbons (Fsp3) is 0.200.